The van der Waals surface area contributed by atoms with Gasteiger partial charge in [-0.25, -0.2) is 4.79 Å². The van der Waals surface area contributed by atoms with Crippen LogP contribution in [-0.4, -0.2) is 17.1 Å². The number of nitrogens with zero attached hydrogens (tertiary/aromatic N) is 1. The summed E-state index contributed by atoms with van der Waals surface area (Å²) in [4.78, 5) is 11.5. The van der Waals surface area contributed by atoms with E-state index in [0.29, 0.717) is 6.42 Å². The lowest BCUT2D eigenvalue weighted by atomic mass is 9.82. The van der Waals surface area contributed by atoms with Crippen molar-refractivity contribution in [3.63, 3.8) is 0 Å². The maximum absolute atomic E-state index is 11.5. The summed E-state index contributed by atoms with van der Waals surface area (Å²) in [6.07, 6.45) is 0.471. The number of carbonyl (C=O) groups is 1. The molecule has 3 nitrogen and oxygen atoms in total. The van der Waals surface area contributed by atoms with Crippen LogP contribution in [0.2, 0.25) is 0 Å². The first-order chi connectivity index (χ1) is 10.1. The number of carboxylic acids is 1. The number of carboxylic acid groups (broad SMARTS) is 1. The predicted octanol–water partition coefficient (Wildman–Crippen LogP) is 3.94. The molecule has 3 rings (SSSR count). The van der Waals surface area contributed by atoms with Crippen molar-refractivity contribution in [3.8, 4) is 0 Å². The summed E-state index contributed by atoms with van der Waals surface area (Å²) in [7, 11) is 0. The second-order valence-corrected chi connectivity index (χ2v) is 5.79. The van der Waals surface area contributed by atoms with Crippen LogP contribution in [0.1, 0.15) is 29.0 Å². The maximum atomic E-state index is 11.5. The molecule has 2 aromatic carbocycles. The van der Waals surface area contributed by atoms with E-state index in [1.807, 2.05) is 31.2 Å². The van der Waals surface area contributed by atoms with Gasteiger partial charge < -0.3 is 5.11 Å². The Morgan fingerprint density at radius 2 is 1.86 bits per heavy atom. The lowest BCUT2D eigenvalue weighted by Crippen LogP contribution is -2.40. The van der Waals surface area contributed by atoms with Gasteiger partial charge >= 0.3 is 5.97 Å². The molecule has 0 radical (unpaired) electrons. The van der Waals surface area contributed by atoms with Gasteiger partial charge in [0.25, 0.3) is 0 Å². The number of benzene rings is 2. The van der Waals surface area contributed by atoms with Gasteiger partial charge in [-0.15, -0.1) is 0 Å². The average Bonchev–Trinajstić information content (AvgIpc) is 2.49. The fraction of sp³-hybridized carbons (Fsp3) is 0.235. The van der Waals surface area contributed by atoms with Crippen molar-refractivity contribution in [2.45, 2.75) is 25.3 Å². The Hall–Kier alpha value is -2.00. The van der Waals surface area contributed by atoms with Crippen molar-refractivity contribution in [1.82, 2.24) is 0 Å². The highest BCUT2D eigenvalue weighted by atomic mass is 35.5. The van der Waals surface area contributed by atoms with Gasteiger partial charge in [0.15, 0.2) is 0 Å². The average molecular weight is 302 g/mol. The van der Waals surface area contributed by atoms with Crippen molar-refractivity contribution in [1.29, 1.82) is 0 Å². The molecular weight excluding hydrogens is 286 g/mol. The van der Waals surface area contributed by atoms with E-state index >= 15 is 0 Å². The zero-order valence-electron chi connectivity index (χ0n) is 11.7. The molecule has 2 aromatic rings. The highest BCUT2D eigenvalue weighted by molar-refractivity contribution is 6.28. The highest BCUT2D eigenvalue weighted by Crippen LogP contribution is 2.42. The van der Waals surface area contributed by atoms with Crippen molar-refractivity contribution in [2.24, 2.45) is 0 Å². The number of hydrogen-bond acceptors (Lipinski definition) is 2. The molecule has 1 aliphatic heterocycles. The molecule has 108 valence electrons. The number of aryl methyl sites for hydroxylation is 1. The van der Waals surface area contributed by atoms with E-state index in [1.54, 1.807) is 0 Å². The second kappa shape index (κ2) is 5.41. The number of aliphatic carboxylic acids is 1. The lowest BCUT2D eigenvalue weighted by Gasteiger charge is -2.36. The topological polar surface area (TPSA) is 40.5 Å². The molecule has 2 atom stereocenters. The van der Waals surface area contributed by atoms with Crippen LogP contribution in [-0.2, 0) is 4.79 Å². The van der Waals surface area contributed by atoms with E-state index in [4.69, 9.17) is 11.8 Å². The molecule has 1 aliphatic rings. The van der Waals surface area contributed by atoms with Crippen LogP contribution in [0.25, 0.3) is 0 Å². The SMILES string of the molecule is Cc1ccc(C2CC(C(=O)O)N(Cl)c3ccccc32)cc1. The van der Waals surface area contributed by atoms with E-state index in [9.17, 15) is 9.90 Å². The minimum absolute atomic E-state index is 0.0536. The van der Waals surface area contributed by atoms with Crippen LogP contribution in [0, 0.1) is 6.92 Å². The summed E-state index contributed by atoms with van der Waals surface area (Å²) in [6, 6.07) is 15.3. The fourth-order valence-corrected chi connectivity index (χ4v) is 3.22. The van der Waals surface area contributed by atoms with Gasteiger partial charge in [0.1, 0.15) is 6.04 Å². The van der Waals surface area contributed by atoms with Crippen molar-refractivity contribution in [3.05, 3.63) is 65.2 Å². The van der Waals surface area contributed by atoms with E-state index in [-0.39, 0.29) is 5.92 Å². The van der Waals surface area contributed by atoms with Crippen molar-refractivity contribution < 1.29 is 9.90 Å². The van der Waals surface area contributed by atoms with Crippen molar-refractivity contribution >= 4 is 23.4 Å². The third-order valence-corrected chi connectivity index (χ3v) is 4.46. The minimum atomic E-state index is -0.892. The van der Waals surface area contributed by atoms with Gasteiger partial charge in [0, 0.05) is 17.7 Å². The molecule has 0 amide bonds. The molecule has 0 spiro atoms. The summed E-state index contributed by atoms with van der Waals surface area (Å²) in [5.41, 5.74) is 4.18. The molecule has 21 heavy (non-hydrogen) atoms. The summed E-state index contributed by atoms with van der Waals surface area (Å²) in [6.45, 7) is 2.04. The third-order valence-electron chi connectivity index (χ3n) is 4.04. The third kappa shape index (κ3) is 2.49. The molecular formula is C17H16ClNO2. The molecule has 2 unspecified atom stereocenters. The van der Waals surface area contributed by atoms with Gasteiger partial charge in [0.2, 0.25) is 0 Å². The van der Waals surface area contributed by atoms with Crippen LogP contribution in [0.3, 0.4) is 0 Å². The summed E-state index contributed by atoms with van der Waals surface area (Å²) in [5, 5.41) is 9.42. The van der Waals surface area contributed by atoms with E-state index in [2.05, 4.69) is 24.3 Å². The van der Waals surface area contributed by atoms with E-state index in [0.717, 1.165) is 16.8 Å². The second-order valence-electron chi connectivity index (χ2n) is 5.42. The maximum Gasteiger partial charge on any atom is 0.327 e. The first-order valence-electron chi connectivity index (χ1n) is 6.91. The molecule has 1 N–H and O–H groups in total. The Labute approximate surface area is 128 Å². The van der Waals surface area contributed by atoms with E-state index in [1.165, 1.54) is 9.98 Å². The first kappa shape index (κ1) is 14.0. The highest BCUT2D eigenvalue weighted by Gasteiger charge is 2.36. The number of halogens is 1. The number of rotatable bonds is 2. The number of anilines is 1. The van der Waals surface area contributed by atoms with Gasteiger partial charge in [0.05, 0.1) is 5.69 Å². The molecule has 0 saturated carbocycles. The molecule has 1 heterocycles. The zero-order chi connectivity index (χ0) is 15.0. The minimum Gasteiger partial charge on any atom is -0.480 e. The van der Waals surface area contributed by atoms with Crippen LogP contribution in [0.5, 0.6) is 0 Å². The summed E-state index contributed by atoms with van der Waals surface area (Å²) >= 11 is 6.24. The zero-order valence-corrected chi connectivity index (χ0v) is 12.4. The number of fused-ring (bicyclic) bond motifs is 1. The Morgan fingerprint density at radius 1 is 1.19 bits per heavy atom. The summed E-state index contributed by atoms with van der Waals surface area (Å²) < 4.78 is 1.35. The molecule has 0 bridgehead atoms. The van der Waals surface area contributed by atoms with Gasteiger partial charge in [-0.2, -0.15) is 0 Å². The summed E-state index contributed by atoms with van der Waals surface area (Å²) in [5.74, 6) is -0.838. The van der Waals surface area contributed by atoms with Gasteiger partial charge in [-0.3, -0.25) is 4.42 Å². The van der Waals surface area contributed by atoms with Crippen molar-refractivity contribution in [2.75, 3.05) is 4.42 Å². The number of para-hydroxylation sites is 1. The van der Waals surface area contributed by atoms with Crippen LogP contribution < -0.4 is 4.42 Å². The van der Waals surface area contributed by atoms with Crippen LogP contribution >= 0.6 is 11.8 Å². The largest absolute Gasteiger partial charge is 0.480 e. The molecule has 4 heteroatoms. The fourth-order valence-electron chi connectivity index (χ4n) is 2.90. The Bertz CT molecular complexity index is 669. The van der Waals surface area contributed by atoms with Crippen LogP contribution in [0.4, 0.5) is 5.69 Å². The Kier molecular flexibility index (Phi) is 3.60. The van der Waals surface area contributed by atoms with Crippen LogP contribution in [0.15, 0.2) is 48.5 Å². The first-order valence-corrected chi connectivity index (χ1v) is 7.25. The molecule has 0 aromatic heterocycles. The predicted molar refractivity (Wildman–Crippen MR) is 83.8 cm³/mol. The Balaban J connectivity index is 2.09. The van der Waals surface area contributed by atoms with Gasteiger partial charge in [-0.05, 0) is 30.5 Å². The monoisotopic (exact) mass is 301 g/mol. The smallest absolute Gasteiger partial charge is 0.327 e. The molecule has 0 saturated heterocycles. The van der Waals surface area contributed by atoms with Gasteiger partial charge in [-0.1, -0.05) is 48.0 Å². The Morgan fingerprint density at radius 3 is 2.52 bits per heavy atom. The number of hydrogen-bond donors (Lipinski definition) is 1. The lowest BCUT2D eigenvalue weighted by molar-refractivity contribution is -0.138. The molecule has 0 fully saturated rings. The normalized spacial score (nSPS) is 21.0. The standard InChI is InChI=1S/C17H16ClNO2/c1-11-6-8-12(9-7-11)14-10-16(17(20)21)19(18)15-5-3-2-4-13(14)15/h2-9,14,16H,10H2,1H3,(H,20,21). The van der Waals surface area contributed by atoms with E-state index < -0.39 is 12.0 Å². The molecule has 0 aliphatic carbocycles. The quantitative estimate of drug-likeness (QED) is 0.854.